The van der Waals surface area contributed by atoms with Crippen molar-refractivity contribution in [2.75, 3.05) is 0 Å². The van der Waals surface area contributed by atoms with E-state index in [2.05, 4.69) is 9.97 Å². The normalized spacial score (nSPS) is 10.5. The first-order valence-corrected chi connectivity index (χ1v) is 4.13. The lowest BCUT2D eigenvalue weighted by atomic mass is 10.4. The third-order valence-electron chi connectivity index (χ3n) is 1.92. The number of carbonyl (C=O) groups excluding carboxylic acids is 1. The van der Waals surface area contributed by atoms with Gasteiger partial charge in [0.05, 0.1) is 11.7 Å². The maximum Gasteiger partial charge on any atom is 0.232 e. The number of imidazole rings is 1. The molecule has 0 N–H and O–H groups in total. The maximum absolute atomic E-state index is 11.4. The fourth-order valence-electron chi connectivity index (χ4n) is 1.23. The third kappa shape index (κ3) is 1.20. The summed E-state index contributed by atoms with van der Waals surface area (Å²) >= 11 is 0. The molecule has 0 amide bonds. The Morgan fingerprint density at radius 2 is 2.46 bits per heavy atom. The summed E-state index contributed by atoms with van der Waals surface area (Å²) in [6, 6.07) is 1.79. The van der Waals surface area contributed by atoms with Crippen LogP contribution in [0, 0.1) is 0 Å². The Morgan fingerprint density at radius 3 is 3.23 bits per heavy atom. The van der Waals surface area contributed by atoms with E-state index in [0.717, 1.165) is 11.0 Å². The molecule has 0 atom stereocenters. The molecule has 0 radical (unpaired) electrons. The number of fused-ring (bicyclic) bond motifs is 1. The van der Waals surface area contributed by atoms with Crippen molar-refractivity contribution in [2.24, 2.45) is 0 Å². The predicted octanol–water partition coefficient (Wildman–Crippen LogP) is 1.48. The highest BCUT2D eigenvalue weighted by molar-refractivity contribution is 5.89. The van der Waals surface area contributed by atoms with Gasteiger partial charge in [-0.2, -0.15) is 0 Å². The smallest absolute Gasteiger partial charge is 0.232 e. The van der Waals surface area contributed by atoms with Crippen LogP contribution in [0.1, 0.15) is 18.1 Å². The summed E-state index contributed by atoms with van der Waals surface area (Å²) in [6.45, 7) is 1.83. The Balaban J connectivity index is 2.64. The van der Waals surface area contributed by atoms with Gasteiger partial charge in [0.25, 0.3) is 0 Å². The highest BCUT2D eigenvalue weighted by Crippen LogP contribution is 2.10. The van der Waals surface area contributed by atoms with Crippen LogP contribution in [-0.4, -0.2) is 20.4 Å². The molecule has 13 heavy (non-hydrogen) atoms. The third-order valence-corrected chi connectivity index (χ3v) is 1.92. The van der Waals surface area contributed by atoms with E-state index in [1.165, 1.54) is 6.33 Å². The lowest BCUT2D eigenvalue weighted by molar-refractivity contribution is 0.0913. The molecular weight excluding hydrogens is 166 g/mol. The Hall–Kier alpha value is -1.71. The predicted molar refractivity (Wildman–Crippen MR) is 48.4 cm³/mol. The van der Waals surface area contributed by atoms with Crippen LogP contribution in [0.25, 0.3) is 11.0 Å². The average molecular weight is 175 g/mol. The van der Waals surface area contributed by atoms with E-state index in [1.54, 1.807) is 23.0 Å². The van der Waals surface area contributed by atoms with E-state index in [4.69, 9.17) is 0 Å². The highest BCUT2D eigenvalue weighted by atomic mass is 16.2. The zero-order valence-corrected chi connectivity index (χ0v) is 7.27. The van der Waals surface area contributed by atoms with Crippen LogP contribution >= 0.6 is 0 Å². The maximum atomic E-state index is 11.4. The summed E-state index contributed by atoms with van der Waals surface area (Å²) in [5.74, 6) is 0.0497. The van der Waals surface area contributed by atoms with Gasteiger partial charge in [-0.3, -0.25) is 14.3 Å². The number of aromatic nitrogens is 3. The zero-order valence-electron chi connectivity index (χ0n) is 7.27. The molecule has 0 aliphatic rings. The van der Waals surface area contributed by atoms with Crippen LogP contribution < -0.4 is 0 Å². The van der Waals surface area contributed by atoms with Gasteiger partial charge in [0.15, 0.2) is 0 Å². The van der Waals surface area contributed by atoms with Gasteiger partial charge in [-0.25, -0.2) is 4.98 Å². The Labute approximate surface area is 75.2 Å². The first-order chi connectivity index (χ1) is 6.33. The molecule has 2 aromatic rings. The van der Waals surface area contributed by atoms with Crippen LogP contribution in [0.3, 0.4) is 0 Å². The molecule has 0 aliphatic heterocycles. The molecular formula is C9H9N3O. The van der Waals surface area contributed by atoms with E-state index < -0.39 is 0 Å². The van der Waals surface area contributed by atoms with Gasteiger partial charge in [-0.1, -0.05) is 6.92 Å². The Bertz CT molecular complexity index is 447. The lowest BCUT2D eigenvalue weighted by Gasteiger charge is -1.97. The molecule has 0 aromatic carbocycles. The molecule has 2 heterocycles. The van der Waals surface area contributed by atoms with E-state index in [0.29, 0.717) is 6.42 Å². The van der Waals surface area contributed by atoms with Crippen molar-refractivity contribution in [1.82, 2.24) is 14.5 Å². The summed E-state index contributed by atoms with van der Waals surface area (Å²) in [6.07, 6.45) is 5.32. The van der Waals surface area contributed by atoms with Crippen LogP contribution in [0.15, 0.2) is 24.8 Å². The standard InChI is InChI=1S/C9H9N3O/c1-2-9(13)12-6-11-7-5-10-4-3-8(7)12/h3-6H,2H2,1H3. The Kier molecular flexibility index (Phi) is 1.81. The monoisotopic (exact) mass is 175 g/mol. The summed E-state index contributed by atoms with van der Waals surface area (Å²) in [4.78, 5) is 19.4. The molecule has 0 bridgehead atoms. The summed E-state index contributed by atoms with van der Waals surface area (Å²) in [5.41, 5.74) is 1.58. The van der Waals surface area contributed by atoms with Gasteiger partial charge in [0, 0.05) is 12.6 Å². The zero-order chi connectivity index (χ0) is 9.26. The van der Waals surface area contributed by atoms with Crippen molar-refractivity contribution in [1.29, 1.82) is 0 Å². The first-order valence-electron chi connectivity index (χ1n) is 4.13. The van der Waals surface area contributed by atoms with Crippen molar-refractivity contribution in [3.8, 4) is 0 Å². The quantitative estimate of drug-likeness (QED) is 0.659. The number of hydrogen-bond donors (Lipinski definition) is 0. The largest absolute Gasteiger partial charge is 0.274 e. The second-order valence-electron chi connectivity index (χ2n) is 2.73. The number of hydrogen-bond acceptors (Lipinski definition) is 3. The molecule has 66 valence electrons. The van der Waals surface area contributed by atoms with Crippen LogP contribution in [0.4, 0.5) is 0 Å². The molecule has 2 rings (SSSR count). The lowest BCUT2D eigenvalue weighted by Crippen LogP contribution is -2.06. The first kappa shape index (κ1) is 7.91. The van der Waals surface area contributed by atoms with E-state index in [9.17, 15) is 4.79 Å². The van der Waals surface area contributed by atoms with E-state index >= 15 is 0 Å². The minimum absolute atomic E-state index is 0.0497. The van der Waals surface area contributed by atoms with Crippen molar-refractivity contribution >= 4 is 16.9 Å². The van der Waals surface area contributed by atoms with Gasteiger partial charge in [0.1, 0.15) is 11.8 Å². The van der Waals surface area contributed by atoms with Crippen molar-refractivity contribution in [2.45, 2.75) is 13.3 Å². The number of pyridine rings is 1. The SMILES string of the molecule is CCC(=O)n1cnc2cnccc21. The topological polar surface area (TPSA) is 47.8 Å². The fourth-order valence-corrected chi connectivity index (χ4v) is 1.23. The highest BCUT2D eigenvalue weighted by Gasteiger charge is 2.06. The van der Waals surface area contributed by atoms with Gasteiger partial charge >= 0.3 is 0 Å². The van der Waals surface area contributed by atoms with Gasteiger partial charge < -0.3 is 0 Å². The van der Waals surface area contributed by atoms with Crippen LogP contribution in [0.5, 0.6) is 0 Å². The fraction of sp³-hybridized carbons (Fsp3) is 0.222. The Morgan fingerprint density at radius 1 is 1.62 bits per heavy atom. The van der Waals surface area contributed by atoms with E-state index in [1.807, 2.05) is 6.92 Å². The van der Waals surface area contributed by atoms with Crippen molar-refractivity contribution in [3.05, 3.63) is 24.8 Å². The number of rotatable bonds is 1. The molecule has 0 saturated heterocycles. The second kappa shape index (κ2) is 2.97. The summed E-state index contributed by atoms with van der Waals surface area (Å²) in [7, 11) is 0. The molecule has 0 aliphatic carbocycles. The minimum Gasteiger partial charge on any atom is -0.274 e. The molecule has 4 nitrogen and oxygen atoms in total. The molecule has 2 aromatic heterocycles. The molecule has 0 fully saturated rings. The van der Waals surface area contributed by atoms with Crippen LogP contribution in [-0.2, 0) is 0 Å². The van der Waals surface area contributed by atoms with Crippen molar-refractivity contribution < 1.29 is 4.79 Å². The average Bonchev–Trinajstić information content (AvgIpc) is 2.60. The molecule has 0 spiro atoms. The summed E-state index contributed by atoms with van der Waals surface area (Å²) < 4.78 is 1.55. The van der Waals surface area contributed by atoms with Gasteiger partial charge in [-0.05, 0) is 6.07 Å². The number of nitrogens with zero attached hydrogens (tertiary/aromatic N) is 3. The summed E-state index contributed by atoms with van der Waals surface area (Å²) in [5, 5.41) is 0. The minimum atomic E-state index is 0.0497. The van der Waals surface area contributed by atoms with Gasteiger partial charge in [-0.15, -0.1) is 0 Å². The second-order valence-corrected chi connectivity index (χ2v) is 2.73. The number of carbonyl (C=O) groups is 1. The van der Waals surface area contributed by atoms with Crippen LogP contribution in [0.2, 0.25) is 0 Å². The molecule has 4 heteroatoms. The van der Waals surface area contributed by atoms with Gasteiger partial charge in [0.2, 0.25) is 5.91 Å². The van der Waals surface area contributed by atoms with E-state index in [-0.39, 0.29) is 5.91 Å². The molecule has 0 saturated carbocycles. The molecule has 0 unspecified atom stereocenters. The van der Waals surface area contributed by atoms with Crippen molar-refractivity contribution in [3.63, 3.8) is 0 Å².